The summed E-state index contributed by atoms with van der Waals surface area (Å²) in [5, 5.41) is 22.3. The largest absolute Gasteiger partial charge is 0.289 e. The third-order valence-corrected chi connectivity index (χ3v) is 5.03. The van der Waals surface area contributed by atoms with Crippen LogP contribution in [0.25, 0.3) is 5.69 Å². The normalized spacial score (nSPS) is 11.4. The van der Waals surface area contributed by atoms with E-state index in [1.165, 1.54) is 22.9 Å². The molecule has 0 atom stereocenters. The SMILES string of the molecule is Cc1ccc(-n2nnnc2CNS(=O)(=O)c2ccccc2[N+](=O)[O-])cc1. The molecule has 0 radical (unpaired) electrons. The molecule has 1 heterocycles. The Kier molecular flexibility index (Phi) is 4.73. The lowest BCUT2D eigenvalue weighted by molar-refractivity contribution is -0.387. The van der Waals surface area contributed by atoms with Crippen LogP contribution in [-0.4, -0.2) is 33.5 Å². The van der Waals surface area contributed by atoms with E-state index in [9.17, 15) is 18.5 Å². The van der Waals surface area contributed by atoms with E-state index in [0.29, 0.717) is 5.69 Å². The number of aromatic nitrogens is 4. The molecule has 0 aliphatic heterocycles. The van der Waals surface area contributed by atoms with E-state index in [0.717, 1.165) is 11.6 Å². The number of nitrogens with one attached hydrogen (secondary N) is 1. The van der Waals surface area contributed by atoms with Crippen molar-refractivity contribution in [1.82, 2.24) is 24.9 Å². The van der Waals surface area contributed by atoms with Gasteiger partial charge in [-0.15, -0.1) is 5.10 Å². The predicted molar refractivity (Wildman–Crippen MR) is 91.0 cm³/mol. The van der Waals surface area contributed by atoms with Crippen molar-refractivity contribution >= 4 is 15.7 Å². The highest BCUT2D eigenvalue weighted by Crippen LogP contribution is 2.22. The minimum atomic E-state index is -4.12. The Bertz CT molecular complexity index is 1050. The van der Waals surface area contributed by atoms with Crippen molar-refractivity contribution in [2.24, 2.45) is 0 Å². The zero-order valence-electron chi connectivity index (χ0n) is 13.6. The zero-order valence-corrected chi connectivity index (χ0v) is 14.4. The summed E-state index contributed by atoms with van der Waals surface area (Å²) in [6, 6.07) is 12.5. The van der Waals surface area contributed by atoms with Crippen LogP contribution in [-0.2, 0) is 16.6 Å². The summed E-state index contributed by atoms with van der Waals surface area (Å²) >= 11 is 0. The molecular weight excluding hydrogens is 360 g/mol. The highest BCUT2D eigenvalue weighted by atomic mass is 32.2. The van der Waals surface area contributed by atoms with Crippen molar-refractivity contribution < 1.29 is 13.3 Å². The van der Waals surface area contributed by atoms with Crippen LogP contribution in [0.15, 0.2) is 53.4 Å². The molecule has 0 unspecified atom stereocenters. The molecule has 0 aliphatic carbocycles. The van der Waals surface area contributed by atoms with Crippen LogP contribution in [0.4, 0.5) is 5.69 Å². The van der Waals surface area contributed by atoms with Crippen molar-refractivity contribution in [2.75, 3.05) is 0 Å². The molecule has 10 nitrogen and oxygen atoms in total. The first-order valence-electron chi connectivity index (χ1n) is 7.46. The number of aryl methyl sites for hydroxylation is 1. The molecule has 3 aromatic rings. The first-order chi connectivity index (χ1) is 12.4. The van der Waals surface area contributed by atoms with Crippen LogP contribution in [0, 0.1) is 17.0 Å². The third kappa shape index (κ3) is 3.58. The molecule has 0 saturated carbocycles. The molecule has 0 spiro atoms. The van der Waals surface area contributed by atoms with Gasteiger partial charge in [-0.1, -0.05) is 29.8 Å². The van der Waals surface area contributed by atoms with E-state index in [1.54, 1.807) is 12.1 Å². The fourth-order valence-electron chi connectivity index (χ4n) is 2.28. The molecule has 1 aromatic heterocycles. The number of tetrazole rings is 1. The molecule has 0 aliphatic rings. The maximum atomic E-state index is 12.5. The Morgan fingerprint density at radius 3 is 2.54 bits per heavy atom. The standard InChI is InChI=1S/C15H14N6O4S/c1-11-6-8-12(9-7-11)20-15(17-18-19-20)10-16-26(24,25)14-5-3-2-4-13(14)21(22)23/h2-9,16H,10H2,1H3. The van der Waals surface area contributed by atoms with E-state index < -0.39 is 25.5 Å². The van der Waals surface area contributed by atoms with Crippen LogP contribution in [0.2, 0.25) is 0 Å². The monoisotopic (exact) mass is 374 g/mol. The first-order valence-corrected chi connectivity index (χ1v) is 8.94. The summed E-state index contributed by atoms with van der Waals surface area (Å²) < 4.78 is 28.6. The summed E-state index contributed by atoms with van der Waals surface area (Å²) in [5.74, 6) is 0.246. The Morgan fingerprint density at radius 1 is 1.15 bits per heavy atom. The van der Waals surface area contributed by atoms with Gasteiger partial charge in [0.15, 0.2) is 10.7 Å². The maximum Gasteiger partial charge on any atom is 0.289 e. The number of nitrogens with zero attached hydrogens (tertiary/aromatic N) is 5. The number of para-hydroxylation sites is 1. The highest BCUT2D eigenvalue weighted by Gasteiger charge is 2.25. The van der Waals surface area contributed by atoms with Crippen molar-refractivity contribution in [3.05, 3.63) is 70.0 Å². The second-order valence-electron chi connectivity index (χ2n) is 5.39. The number of sulfonamides is 1. The van der Waals surface area contributed by atoms with Crippen LogP contribution >= 0.6 is 0 Å². The van der Waals surface area contributed by atoms with Crippen LogP contribution in [0.5, 0.6) is 0 Å². The number of benzene rings is 2. The van der Waals surface area contributed by atoms with Gasteiger partial charge in [-0.3, -0.25) is 10.1 Å². The van der Waals surface area contributed by atoms with Gasteiger partial charge in [-0.25, -0.2) is 13.1 Å². The summed E-state index contributed by atoms with van der Waals surface area (Å²) in [5.41, 5.74) is 1.22. The fourth-order valence-corrected chi connectivity index (χ4v) is 3.43. The summed E-state index contributed by atoms with van der Waals surface area (Å²) in [4.78, 5) is 9.88. The number of rotatable bonds is 6. The van der Waals surface area contributed by atoms with Gasteiger partial charge in [0.05, 0.1) is 17.2 Å². The summed E-state index contributed by atoms with van der Waals surface area (Å²) in [6.07, 6.45) is 0. The van der Waals surface area contributed by atoms with Crippen molar-refractivity contribution in [3.8, 4) is 5.69 Å². The quantitative estimate of drug-likeness (QED) is 0.508. The predicted octanol–water partition coefficient (Wildman–Crippen LogP) is 1.36. The van der Waals surface area contributed by atoms with Gasteiger partial charge in [0.1, 0.15) is 0 Å². The minimum Gasteiger partial charge on any atom is -0.258 e. The Hall–Kier alpha value is -3.18. The van der Waals surface area contributed by atoms with Gasteiger partial charge in [-0.2, -0.15) is 4.68 Å². The number of hydrogen-bond acceptors (Lipinski definition) is 7. The van der Waals surface area contributed by atoms with E-state index in [-0.39, 0.29) is 12.4 Å². The summed E-state index contributed by atoms with van der Waals surface area (Å²) in [6.45, 7) is 1.71. The molecule has 134 valence electrons. The van der Waals surface area contributed by atoms with Gasteiger partial charge >= 0.3 is 0 Å². The smallest absolute Gasteiger partial charge is 0.258 e. The van der Waals surface area contributed by atoms with E-state index in [4.69, 9.17) is 0 Å². The molecule has 0 fully saturated rings. The zero-order chi connectivity index (χ0) is 18.7. The Balaban J connectivity index is 1.85. The molecule has 2 aromatic carbocycles. The van der Waals surface area contributed by atoms with Gasteiger partial charge < -0.3 is 0 Å². The molecule has 0 amide bonds. The highest BCUT2D eigenvalue weighted by molar-refractivity contribution is 7.89. The molecule has 11 heteroatoms. The average molecular weight is 374 g/mol. The second-order valence-corrected chi connectivity index (χ2v) is 7.13. The molecule has 26 heavy (non-hydrogen) atoms. The van der Waals surface area contributed by atoms with E-state index >= 15 is 0 Å². The first kappa shape index (κ1) is 17.6. The topological polar surface area (TPSA) is 133 Å². The van der Waals surface area contributed by atoms with Crippen LogP contribution in [0.3, 0.4) is 0 Å². The third-order valence-electron chi connectivity index (χ3n) is 3.58. The lowest BCUT2D eigenvalue weighted by Gasteiger charge is -2.08. The molecule has 0 bridgehead atoms. The van der Waals surface area contributed by atoms with Gasteiger partial charge in [-0.05, 0) is 35.5 Å². The van der Waals surface area contributed by atoms with Gasteiger partial charge in [0, 0.05) is 6.07 Å². The number of nitro benzene ring substituents is 1. The minimum absolute atomic E-state index is 0.227. The van der Waals surface area contributed by atoms with E-state index in [2.05, 4.69) is 20.2 Å². The van der Waals surface area contributed by atoms with Gasteiger partial charge in [0.2, 0.25) is 10.0 Å². The van der Waals surface area contributed by atoms with Crippen molar-refractivity contribution in [2.45, 2.75) is 18.4 Å². The summed E-state index contributed by atoms with van der Waals surface area (Å²) in [7, 11) is -4.12. The maximum absolute atomic E-state index is 12.5. The molecule has 1 N–H and O–H groups in total. The van der Waals surface area contributed by atoms with Crippen LogP contribution < -0.4 is 4.72 Å². The van der Waals surface area contributed by atoms with Gasteiger partial charge in [0.25, 0.3) is 5.69 Å². The molecular formula is C15H14N6O4S. The lowest BCUT2D eigenvalue weighted by Crippen LogP contribution is -2.25. The second kappa shape index (κ2) is 6.98. The lowest BCUT2D eigenvalue weighted by atomic mass is 10.2. The fraction of sp³-hybridized carbons (Fsp3) is 0.133. The average Bonchev–Trinajstić information content (AvgIpc) is 3.09. The molecule has 3 rings (SSSR count). The Morgan fingerprint density at radius 2 is 1.85 bits per heavy atom. The number of nitro groups is 1. The molecule has 0 saturated heterocycles. The van der Waals surface area contributed by atoms with Crippen molar-refractivity contribution in [1.29, 1.82) is 0 Å². The van der Waals surface area contributed by atoms with Crippen molar-refractivity contribution in [3.63, 3.8) is 0 Å². The Labute approximate surface area is 148 Å². The van der Waals surface area contributed by atoms with E-state index in [1.807, 2.05) is 19.1 Å². The number of hydrogen-bond donors (Lipinski definition) is 1. The van der Waals surface area contributed by atoms with Crippen LogP contribution in [0.1, 0.15) is 11.4 Å².